The third kappa shape index (κ3) is 4.89. The number of aryl methyl sites for hydroxylation is 1. The van der Waals surface area contributed by atoms with E-state index in [2.05, 4.69) is 24.3 Å². The number of ether oxygens (including phenoxy) is 1. The lowest BCUT2D eigenvalue weighted by atomic mass is 9.93. The average Bonchev–Trinajstić information content (AvgIpc) is 3.00. The highest BCUT2D eigenvalue weighted by atomic mass is 16.5. The number of morpholine rings is 1. The summed E-state index contributed by atoms with van der Waals surface area (Å²) < 4.78 is 7.34. The van der Waals surface area contributed by atoms with Gasteiger partial charge in [0.2, 0.25) is 5.91 Å². The van der Waals surface area contributed by atoms with Gasteiger partial charge in [-0.05, 0) is 44.6 Å². The average molecular weight is 377 g/mol. The first-order valence-corrected chi connectivity index (χ1v) is 10.2. The summed E-state index contributed by atoms with van der Waals surface area (Å²) in [5.41, 5.74) is 1.56. The summed E-state index contributed by atoms with van der Waals surface area (Å²) in [7, 11) is 0. The fraction of sp³-hybridized carbons (Fsp3) is 0.750. The number of aromatic nitrogens is 2. The molecule has 3 rings (SSSR count). The van der Waals surface area contributed by atoms with Crippen molar-refractivity contribution in [3.05, 3.63) is 17.5 Å². The molecular weight excluding hydrogens is 344 g/mol. The molecular formula is C20H32N4O3. The van der Waals surface area contributed by atoms with E-state index >= 15 is 0 Å². The minimum atomic E-state index is -0.222. The lowest BCUT2D eigenvalue weighted by molar-refractivity contribution is -0.124. The summed E-state index contributed by atoms with van der Waals surface area (Å²) in [6, 6.07) is 2.00. The lowest BCUT2D eigenvalue weighted by Gasteiger charge is -2.36. The summed E-state index contributed by atoms with van der Waals surface area (Å²) in [4.78, 5) is 27.4. The molecule has 1 N–H and O–H groups in total. The van der Waals surface area contributed by atoms with Gasteiger partial charge >= 0.3 is 0 Å². The third-order valence-electron chi connectivity index (χ3n) is 5.35. The number of nitrogens with zero attached hydrogens (tertiary/aromatic N) is 3. The van der Waals surface area contributed by atoms with Crippen molar-refractivity contribution in [1.29, 1.82) is 0 Å². The zero-order valence-corrected chi connectivity index (χ0v) is 16.7. The number of amides is 2. The van der Waals surface area contributed by atoms with Gasteiger partial charge in [-0.3, -0.25) is 14.3 Å². The Bertz CT molecular complexity index is 666. The fourth-order valence-corrected chi connectivity index (χ4v) is 3.69. The van der Waals surface area contributed by atoms with Gasteiger partial charge in [0, 0.05) is 25.6 Å². The number of hydrogen-bond acceptors (Lipinski definition) is 4. The lowest BCUT2D eigenvalue weighted by Crippen LogP contribution is -2.52. The molecule has 1 aliphatic heterocycles. The second-order valence-electron chi connectivity index (χ2n) is 8.06. The molecule has 1 unspecified atom stereocenters. The van der Waals surface area contributed by atoms with Crippen LogP contribution < -0.4 is 5.32 Å². The van der Waals surface area contributed by atoms with Gasteiger partial charge in [0.05, 0.1) is 24.9 Å². The van der Waals surface area contributed by atoms with Crippen molar-refractivity contribution in [2.75, 3.05) is 19.8 Å². The Kier molecular flexibility index (Phi) is 6.52. The van der Waals surface area contributed by atoms with Crippen molar-refractivity contribution < 1.29 is 14.3 Å². The first-order valence-electron chi connectivity index (χ1n) is 10.2. The standard InChI is InChI=1S/C20H32N4O3/c1-4-24-18(11-16(22-24)10-14(2)3)20(26)23-8-9-27-13-17(23)12-19(25)21-15-6-5-7-15/h11,14-15,17H,4-10,12-13H2,1-3H3,(H,21,25). The molecule has 0 bridgehead atoms. The van der Waals surface area contributed by atoms with Crippen molar-refractivity contribution in [2.24, 2.45) is 5.92 Å². The molecule has 27 heavy (non-hydrogen) atoms. The first-order chi connectivity index (χ1) is 13.0. The van der Waals surface area contributed by atoms with E-state index in [-0.39, 0.29) is 17.9 Å². The molecule has 1 saturated carbocycles. The highest BCUT2D eigenvalue weighted by Gasteiger charge is 2.32. The van der Waals surface area contributed by atoms with E-state index < -0.39 is 0 Å². The van der Waals surface area contributed by atoms with Crippen LogP contribution in [0, 0.1) is 5.92 Å². The minimum Gasteiger partial charge on any atom is -0.377 e. The molecule has 1 saturated heterocycles. The van der Waals surface area contributed by atoms with Crippen molar-refractivity contribution in [3.63, 3.8) is 0 Å². The largest absolute Gasteiger partial charge is 0.377 e. The van der Waals surface area contributed by atoms with Crippen molar-refractivity contribution in [3.8, 4) is 0 Å². The fourth-order valence-electron chi connectivity index (χ4n) is 3.69. The van der Waals surface area contributed by atoms with Crippen molar-refractivity contribution in [1.82, 2.24) is 20.0 Å². The van der Waals surface area contributed by atoms with Crippen molar-refractivity contribution in [2.45, 2.75) is 71.5 Å². The molecule has 2 amide bonds. The molecule has 1 aliphatic carbocycles. The molecule has 7 heteroatoms. The summed E-state index contributed by atoms with van der Waals surface area (Å²) in [6.45, 7) is 8.35. The van der Waals surface area contributed by atoms with Crippen LogP contribution in [-0.4, -0.2) is 58.3 Å². The zero-order valence-electron chi connectivity index (χ0n) is 16.7. The molecule has 0 spiro atoms. The second-order valence-corrected chi connectivity index (χ2v) is 8.06. The summed E-state index contributed by atoms with van der Waals surface area (Å²) in [5, 5.41) is 7.65. The predicted molar refractivity (Wildman–Crippen MR) is 102 cm³/mol. The van der Waals surface area contributed by atoms with Crippen LogP contribution in [0.25, 0.3) is 0 Å². The van der Waals surface area contributed by atoms with Gasteiger partial charge in [-0.15, -0.1) is 0 Å². The normalized spacial score (nSPS) is 20.6. The van der Waals surface area contributed by atoms with Gasteiger partial charge in [0.25, 0.3) is 5.91 Å². The number of carbonyl (C=O) groups excluding carboxylic acids is 2. The molecule has 1 aromatic heterocycles. The third-order valence-corrected chi connectivity index (χ3v) is 5.35. The summed E-state index contributed by atoms with van der Waals surface area (Å²) in [6.07, 6.45) is 4.44. The van der Waals surface area contributed by atoms with Gasteiger partial charge < -0.3 is 15.0 Å². The Morgan fingerprint density at radius 3 is 2.78 bits per heavy atom. The van der Waals surface area contributed by atoms with Gasteiger partial charge in [-0.2, -0.15) is 5.10 Å². The van der Waals surface area contributed by atoms with Crippen LogP contribution in [0.3, 0.4) is 0 Å². The Balaban J connectivity index is 1.70. The second kappa shape index (κ2) is 8.87. The van der Waals surface area contributed by atoms with E-state index in [0.29, 0.717) is 50.4 Å². The van der Waals surface area contributed by atoms with E-state index in [4.69, 9.17) is 4.74 Å². The Labute approximate surface area is 161 Å². The van der Waals surface area contributed by atoms with Crippen LogP contribution in [-0.2, 0) is 22.5 Å². The number of rotatable bonds is 7. The van der Waals surface area contributed by atoms with Crippen molar-refractivity contribution >= 4 is 11.8 Å². The topological polar surface area (TPSA) is 76.5 Å². The maximum atomic E-state index is 13.2. The van der Waals surface area contributed by atoms with Crippen LogP contribution in [0.2, 0.25) is 0 Å². The van der Waals surface area contributed by atoms with Crippen LogP contribution in [0.15, 0.2) is 6.07 Å². The van der Waals surface area contributed by atoms with Gasteiger partial charge in [0.1, 0.15) is 5.69 Å². The molecule has 150 valence electrons. The number of carbonyl (C=O) groups is 2. The van der Waals surface area contributed by atoms with Gasteiger partial charge in [-0.25, -0.2) is 0 Å². The molecule has 2 fully saturated rings. The number of hydrogen-bond donors (Lipinski definition) is 1. The van der Waals surface area contributed by atoms with Crippen LogP contribution in [0.4, 0.5) is 0 Å². The summed E-state index contributed by atoms with van der Waals surface area (Å²) in [5.74, 6) is 0.445. The smallest absolute Gasteiger partial charge is 0.272 e. The van der Waals surface area contributed by atoms with E-state index in [9.17, 15) is 9.59 Å². The van der Waals surface area contributed by atoms with E-state index in [1.54, 1.807) is 9.58 Å². The SMILES string of the molecule is CCn1nc(CC(C)C)cc1C(=O)N1CCOCC1CC(=O)NC1CCC1. The maximum Gasteiger partial charge on any atom is 0.272 e. The number of nitrogens with one attached hydrogen (secondary N) is 1. The quantitative estimate of drug-likeness (QED) is 0.790. The maximum absolute atomic E-state index is 13.2. The van der Waals surface area contributed by atoms with Crippen LogP contribution in [0.1, 0.15) is 62.6 Å². The molecule has 2 heterocycles. The van der Waals surface area contributed by atoms with Crippen LogP contribution >= 0.6 is 0 Å². The highest BCUT2D eigenvalue weighted by Crippen LogP contribution is 2.20. The Hall–Kier alpha value is -1.89. The Morgan fingerprint density at radius 2 is 2.15 bits per heavy atom. The summed E-state index contributed by atoms with van der Waals surface area (Å²) >= 11 is 0. The minimum absolute atomic E-state index is 0.0116. The molecule has 2 aliphatic rings. The van der Waals surface area contributed by atoms with Gasteiger partial charge in [0.15, 0.2) is 0 Å². The molecule has 1 atom stereocenters. The molecule has 1 aromatic rings. The predicted octanol–water partition coefficient (Wildman–Crippen LogP) is 2.00. The molecule has 0 radical (unpaired) electrons. The highest BCUT2D eigenvalue weighted by molar-refractivity contribution is 5.93. The Morgan fingerprint density at radius 1 is 1.37 bits per heavy atom. The monoisotopic (exact) mass is 376 g/mol. The van der Waals surface area contributed by atoms with Crippen LogP contribution in [0.5, 0.6) is 0 Å². The molecule has 0 aromatic carbocycles. The van der Waals surface area contributed by atoms with E-state index in [1.807, 2.05) is 13.0 Å². The first kappa shape index (κ1) is 19.9. The molecule has 7 nitrogen and oxygen atoms in total. The van der Waals surface area contributed by atoms with E-state index in [0.717, 1.165) is 25.0 Å². The zero-order chi connectivity index (χ0) is 19.4. The van der Waals surface area contributed by atoms with Gasteiger partial charge in [-0.1, -0.05) is 13.8 Å². The van der Waals surface area contributed by atoms with E-state index in [1.165, 1.54) is 6.42 Å².